The van der Waals surface area contributed by atoms with Gasteiger partial charge in [-0.3, -0.25) is 0 Å². The first-order valence-corrected chi connectivity index (χ1v) is 5.29. The van der Waals surface area contributed by atoms with Gasteiger partial charge in [0, 0.05) is 18.9 Å². The zero-order chi connectivity index (χ0) is 13.8. The van der Waals surface area contributed by atoms with Crippen molar-refractivity contribution in [1.29, 1.82) is 0 Å². The largest absolute Gasteiger partial charge is 0.405 e. The van der Waals surface area contributed by atoms with E-state index in [0.717, 1.165) is 4.90 Å². The molecule has 100 valence electrons. The first-order valence-electron chi connectivity index (χ1n) is 4.88. The number of aliphatic hydroxyl groups is 1. The Hall–Kier alpha value is -1.48. The average molecular weight is 280 g/mol. The SMILES string of the molecule is NC(=S)c1nccnc1N(CCO)CC(F)(F)F. The van der Waals surface area contributed by atoms with Gasteiger partial charge in [-0.15, -0.1) is 0 Å². The zero-order valence-corrected chi connectivity index (χ0v) is 10.0. The highest BCUT2D eigenvalue weighted by Gasteiger charge is 2.32. The van der Waals surface area contributed by atoms with Crippen molar-refractivity contribution in [1.82, 2.24) is 9.97 Å². The van der Waals surface area contributed by atoms with E-state index in [1.807, 2.05) is 0 Å². The predicted molar refractivity (Wildman–Crippen MR) is 63.3 cm³/mol. The number of nitrogens with zero attached hydrogens (tertiary/aromatic N) is 3. The van der Waals surface area contributed by atoms with Crippen molar-refractivity contribution in [3.63, 3.8) is 0 Å². The van der Waals surface area contributed by atoms with Crippen LogP contribution < -0.4 is 10.6 Å². The molecule has 0 saturated carbocycles. The van der Waals surface area contributed by atoms with Gasteiger partial charge in [0.25, 0.3) is 0 Å². The van der Waals surface area contributed by atoms with Crippen LogP contribution in [0.4, 0.5) is 19.0 Å². The average Bonchev–Trinajstić information content (AvgIpc) is 2.26. The van der Waals surface area contributed by atoms with Gasteiger partial charge >= 0.3 is 6.18 Å². The summed E-state index contributed by atoms with van der Waals surface area (Å²) in [6.45, 7) is -1.96. The van der Waals surface area contributed by atoms with E-state index in [0.29, 0.717) is 0 Å². The van der Waals surface area contributed by atoms with E-state index in [1.165, 1.54) is 12.4 Å². The Bertz CT molecular complexity index is 427. The first-order chi connectivity index (χ1) is 8.35. The third-order valence-electron chi connectivity index (χ3n) is 1.95. The number of aromatic nitrogens is 2. The molecule has 0 amide bonds. The predicted octanol–water partition coefficient (Wildman–Crippen LogP) is 0.472. The lowest BCUT2D eigenvalue weighted by molar-refractivity contribution is -0.120. The third-order valence-corrected chi connectivity index (χ3v) is 2.15. The number of anilines is 1. The Labute approximate surface area is 106 Å². The van der Waals surface area contributed by atoms with Crippen LogP contribution >= 0.6 is 12.2 Å². The van der Waals surface area contributed by atoms with Crippen LogP contribution in [0.5, 0.6) is 0 Å². The van der Waals surface area contributed by atoms with Crippen molar-refractivity contribution in [2.24, 2.45) is 5.73 Å². The number of rotatable bonds is 5. The number of nitrogens with two attached hydrogens (primary N) is 1. The van der Waals surface area contributed by atoms with Gasteiger partial charge in [-0.2, -0.15) is 13.2 Å². The third kappa shape index (κ3) is 4.08. The summed E-state index contributed by atoms with van der Waals surface area (Å²) in [7, 11) is 0. The highest BCUT2D eigenvalue weighted by atomic mass is 32.1. The quantitative estimate of drug-likeness (QED) is 0.764. The van der Waals surface area contributed by atoms with E-state index in [9.17, 15) is 13.2 Å². The van der Waals surface area contributed by atoms with Crippen molar-refractivity contribution in [2.45, 2.75) is 6.18 Å². The van der Waals surface area contributed by atoms with Crippen molar-refractivity contribution in [3.05, 3.63) is 18.1 Å². The van der Waals surface area contributed by atoms with Crippen molar-refractivity contribution >= 4 is 23.0 Å². The number of alkyl halides is 3. The molecule has 9 heteroatoms. The van der Waals surface area contributed by atoms with E-state index >= 15 is 0 Å². The molecule has 0 fully saturated rings. The lowest BCUT2D eigenvalue weighted by Crippen LogP contribution is -2.38. The minimum atomic E-state index is -4.43. The molecule has 1 aromatic rings. The highest BCUT2D eigenvalue weighted by Crippen LogP contribution is 2.22. The maximum absolute atomic E-state index is 12.4. The molecule has 3 N–H and O–H groups in total. The van der Waals surface area contributed by atoms with Crippen LogP contribution in [0, 0.1) is 0 Å². The molecule has 0 aliphatic heterocycles. The summed E-state index contributed by atoms with van der Waals surface area (Å²) in [5, 5.41) is 8.80. The van der Waals surface area contributed by atoms with E-state index in [2.05, 4.69) is 9.97 Å². The van der Waals surface area contributed by atoms with Crippen LogP contribution in [0.25, 0.3) is 0 Å². The standard InChI is InChI=1S/C9H11F3N4OS/c10-9(11,12)5-16(3-4-17)8-6(7(13)18)14-1-2-15-8/h1-2,17H,3-5H2,(H2,13,18). The molecule has 0 spiro atoms. The van der Waals surface area contributed by atoms with Gasteiger partial charge in [-0.1, -0.05) is 12.2 Å². The lowest BCUT2D eigenvalue weighted by atomic mass is 10.3. The van der Waals surface area contributed by atoms with Crippen molar-refractivity contribution in [3.8, 4) is 0 Å². The molecular weight excluding hydrogens is 269 g/mol. The highest BCUT2D eigenvalue weighted by molar-refractivity contribution is 7.80. The Morgan fingerprint density at radius 2 is 2.00 bits per heavy atom. The van der Waals surface area contributed by atoms with Crippen molar-refractivity contribution in [2.75, 3.05) is 24.6 Å². The Morgan fingerprint density at radius 1 is 1.39 bits per heavy atom. The minimum Gasteiger partial charge on any atom is -0.395 e. The van der Waals surface area contributed by atoms with Gasteiger partial charge in [0.05, 0.1) is 6.61 Å². The number of halogens is 3. The summed E-state index contributed by atoms with van der Waals surface area (Å²) in [6, 6.07) is 0. The molecule has 0 atom stereocenters. The van der Waals surface area contributed by atoms with E-state index in [-0.39, 0.29) is 23.0 Å². The van der Waals surface area contributed by atoms with E-state index < -0.39 is 19.3 Å². The molecule has 5 nitrogen and oxygen atoms in total. The maximum Gasteiger partial charge on any atom is 0.405 e. The van der Waals surface area contributed by atoms with Gasteiger partial charge in [0.1, 0.15) is 17.2 Å². The van der Waals surface area contributed by atoms with E-state index in [4.69, 9.17) is 23.1 Å². The summed E-state index contributed by atoms with van der Waals surface area (Å²) in [6.07, 6.45) is -1.92. The van der Waals surface area contributed by atoms with Crippen LogP contribution in [0.1, 0.15) is 5.69 Å². The second-order valence-corrected chi connectivity index (χ2v) is 3.79. The second kappa shape index (κ2) is 5.91. The van der Waals surface area contributed by atoms with Gasteiger partial charge in [-0.05, 0) is 0 Å². The second-order valence-electron chi connectivity index (χ2n) is 3.35. The van der Waals surface area contributed by atoms with Gasteiger partial charge in [0.15, 0.2) is 5.82 Å². The number of hydrogen-bond donors (Lipinski definition) is 2. The summed E-state index contributed by atoms with van der Waals surface area (Å²) in [5.41, 5.74) is 5.38. The lowest BCUT2D eigenvalue weighted by Gasteiger charge is -2.25. The molecule has 0 aromatic carbocycles. The smallest absolute Gasteiger partial charge is 0.395 e. The molecule has 0 radical (unpaired) electrons. The normalized spacial score (nSPS) is 11.3. The van der Waals surface area contributed by atoms with Crippen LogP contribution in [0.2, 0.25) is 0 Å². The molecule has 1 rings (SSSR count). The summed E-state index contributed by atoms with van der Waals surface area (Å²) in [5.74, 6) is -0.0867. The monoisotopic (exact) mass is 280 g/mol. The molecule has 1 aromatic heterocycles. The fraction of sp³-hybridized carbons (Fsp3) is 0.444. The molecule has 18 heavy (non-hydrogen) atoms. The zero-order valence-electron chi connectivity index (χ0n) is 9.18. The maximum atomic E-state index is 12.4. The first kappa shape index (κ1) is 14.6. The summed E-state index contributed by atoms with van der Waals surface area (Å²) < 4.78 is 37.2. The molecule has 0 saturated heterocycles. The summed E-state index contributed by atoms with van der Waals surface area (Å²) in [4.78, 5) is 8.26. The van der Waals surface area contributed by atoms with Crippen LogP contribution in [-0.4, -0.2) is 45.9 Å². The molecule has 1 heterocycles. The van der Waals surface area contributed by atoms with Crippen LogP contribution in [-0.2, 0) is 0 Å². The van der Waals surface area contributed by atoms with Crippen molar-refractivity contribution < 1.29 is 18.3 Å². The van der Waals surface area contributed by atoms with E-state index in [1.54, 1.807) is 0 Å². The van der Waals surface area contributed by atoms with Gasteiger partial charge < -0.3 is 15.7 Å². The number of aliphatic hydroxyl groups excluding tert-OH is 1. The molecule has 0 aliphatic carbocycles. The fourth-order valence-electron chi connectivity index (χ4n) is 1.33. The topological polar surface area (TPSA) is 75.3 Å². The minimum absolute atomic E-state index is 0.00481. The fourth-order valence-corrected chi connectivity index (χ4v) is 1.48. The molecule has 0 bridgehead atoms. The number of hydrogen-bond acceptors (Lipinski definition) is 5. The van der Waals surface area contributed by atoms with Gasteiger partial charge in [-0.25, -0.2) is 9.97 Å². The molecule has 0 unspecified atom stereocenters. The van der Waals surface area contributed by atoms with Crippen LogP contribution in [0.15, 0.2) is 12.4 Å². The number of thiocarbonyl (C=S) groups is 1. The molecule has 0 aliphatic rings. The Balaban J connectivity index is 3.09. The Morgan fingerprint density at radius 3 is 2.50 bits per heavy atom. The van der Waals surface area contributed by atoms with Crippen LogP contribution in [0.3, 0.4) is 0 Å². The Kier molecular flexibility index (Phi) is 4.79. The summed E-state index contributed by atoms with van der Waals surface area (Å²) >= 11 is 4.70. The van der Waals surface area contributed by atoms with Gasteiger partial charge in [0.2, 0.25) is 0 Å². The molecular formula is C9H11F3N4OS.